The molecule has 0 radical (unpaired) electrons. The summed E-state index contributed by atoms with van der Waals surface area (Å²) in [6, 6.07) is 0. The Morgan fingerprint density at radius 2 is 2.14 bits per heavy atom. The Balaban J connectivity index is 3.13. The number of hydrogen-bond donors (Lipinski definition) is 1. The second kappa shape index (κ2) is 2.64. The number of aliphatic hydroxyl groups is 1. The van der Waals surface area contributed by atoms with E-state index in [2.05, 4.69) is 6.58 Å². The summed E-state index contributed by atoms with van der Waals surface area (Å²) in [5.74, 6) is 0.213. The van der Waals surface area contributed by atoms with Crippen LogP contribution in [0.5, 0.6) is 0 Å². The van der Waals surface area contributed by atoms with Crippen LogP contribution in [0.4, 0.5) is 0 Å². The van der Waals surface area contributed by atoms with Gasteiger partial charge in [0.25, 0.3) is 0 Å². The summed E-state index contributed by atoms with van der Waals surface area (Å²) in [5, 5.41) is 8.49. The Morgan fingerprint density at radius 3 is 2.14 bits per heavy atom. The Bertz CT molecular complexity index is 68.5. The third kappa shape index (κ3) is 5.50. The van der Waals surface area contributed by atoms with E-state index < -0.39 is 0 Å². The van der Waals surface area contributed by atoms with Crippen molar-refractivity contribution in [1.82, 2.24) is 4.90 Å². The maximum atomic E-state index is 8.49. The number of hydrogen-bond acceptors (Lipinski definition) is 2. The molecule has 0 aliphatic rings. The molecular formula is C5H11NO. The standard InChI is InChI=1S/C5H11NO/c1-5(7)4-6(2)3/h7H,1,4H2,2-3H3. The van der Waals surface area contributed by atoms with Gasteiger partial charge in [-0.15, -0.1) is 0 Å². The molecule has 0 heterocycles. The van der Waals surface area contributed by atoms with Crippen molar-refractivity contribution in [3.05, 3.63) is 12.3 Å². The first kappa shape index (κ1) is 6.50. The highest BCUT2D eigenvalue weighted by Gasteiger charge is 1.87. The number of nitrogens with zero attached hydrogens (tertiary/aromatic N) is 1. The number of rotatable bonds is 2. The van der Waals surface area contributed by atoms with E-state index in [1.54, 1.807) is 0 Å². The van der Waals surface area contributed by atoms with E-state index in [0.29, 0.717) is 6.54 Å². The zero-order valence-corrected chi connectivity index (χ0v) is 4.81. The first-order chi connectivity index (χ1) is 3.13. The van der Waals surface area contributed by atoms with Crippen molar-refractivity contribution in [2.45, 2.75) is 0 Å². The maximum absolute atomic E-state index is 8.49. The van der Waals surface area contributed by atoms with Crippen LogP contribution in [-0.2, 0) is 0 Å². The minimum absolute atomic E-state index is 0.213. The van der Waals surface area contributed by atoms with Crippen LogP contribution in [0, 0.1) is 0 Å². The number of aliphatic hydroxyl groups excluding tert-OH is 1. The van der Waals surface area contributed by atoms with Gasteiger partial charge in [0.1, 0.15) is 0 Å². The molecule has 0 unspecified atom stereocenters. The Hall–Kier alpha value is -0.500. The first-order valence-electron chi connectivity index (χ1n) is 2.14. The van der Waals surface area contributed by atoms with Crippen LogP contribution in [-0.4, -0.2) is 30.6 Å². The van der Waals surface area contributed by atoms with Gasteiger partial charge in [-0.25, -0.2) is 0 Å². The minimum atomic E-state index is 0.213. The lowest BCUT2D eigenvalue weighted by atomic mass is 10.5. The quantitative estimate of drug-likeness (QED) is 0.515. The summed E-state index contributed by atoms with van der Waals surface area (Å²) in [7, 11) is 3.75. The SMILES string of the molecule is C=C(O)CN(C)C. The molecule has 0 aliphatic heterocycles. The van der Waals surface area contributed by atoms with Gasteiger partial charge in [-0.05, 0) is 14.1 Å². The predicted molar refractivity (Wildman–Crippen MR) is 30.3 cm³/mol. The van der Waals surface area contributed by atoms with Crippen molar-refractivity contribution in [3.8, 4) is 0 Å². The van der Waals surface area contributed by atoms with E-state index >= 15 is 0 Å². The van der Waals surface area contributed by atoms with E-state index in [-0.39, 0.29) is 5.76 Å². The lowest BCUT2D eigenvalue weighted by Crippen LogP contribution is -2.13. The highest BCUT2D eigenvalue weighted by molar-refractivity contribution is 4.80. The molecule has 2 nitrogen and oxygen atoms in total. The molecule has 1 N–H and O–H groups in total. The zero-order valence-electron chi connectivity index (χ0n) is 4.81. The van der Waals surface area contributed by atoms with Gasteiger partial charge in [-0.1, -0.05) is 6.58 Å². The van der Waals surface area contributed by atoms with Gasteiger partial charge in [0.2, 0.25) is 0 Å². The van der Waals surface area contributed by atoms with Crippen molar-refractivity contribution in [2.24, 2.45) is 0 Å². The van der Waals surface area contributed by atoms with E-state index in [1.807, 2.05) is 19.0 Å². The molecule has 42 valence electrons. The molecule has 7 heavy (non-hydrogen) atoms. The van der Waals surface area contributed by atoms with Crippen LogP contribution in [0.25, 0.3) is 0 Å². The summed E-state index contributed by atoms with van der Waals surface area (Å²) in [5.41, 5.74) is 0. The summed E-state index contributed by atoms with van der Waals surface area (Å²) in [6.07, 6.45) is 0. The van der Waals surface area contributed by atoms with E-state index in [4.69, 9.17) is 5.11 Å². The average molecular weight is 101 g/mol. The summed E-state index contributed by atoms with van der Waals surface area (Å²) in [4.78, 5) is 1.85. The van der Waals surface area contributed by atoms with Crippen molar-refractivity contribution in [1.29, 1.82) is 0 Å². The first-order valence-corrected chi connectivity index (χ1v) is 2.14. The molecule has 0 atom stereocenters. The lowest BCUT2D eigenvalue weighted by Gasteiger charge is -2.05. The van der Waals surface area contributed by atoms with E-state index in [1.165, 1.54) is 0 Å². The summed E-state index contributed by atoms with van der Waals surface area (Å²) in [6.45, 7) is 3.86. The molecule has 0 saturated heterocycles. The normalized spacial score (nSPS) is 9.57. The highest BCUT2D eigenvalue weighted by Crippen LogP contribution is 1.82. The topological polar surface area (TPSA) is 23.5 Å². The van der Waals surface area contributed by atoms with E-state index in [0.717, 1.165) is 0 Å². The fraction of sp³-hybridized carbons (Fsp3) is 0.600. The maximum Gasteiger partial charge on any atom is 0.0990 e. The molecular weight excluding hydrogens is 90.1 g/mol. The fourth-order valence-electron chi connectivity index (χ4n) is 0.365. The van der Waals surface area contributed by atoms with E-state index in [9.17, 15) is 0 Å². The van der Waals surface area contributed by atoms with Crippen LogP contribution < -0.4 is 0 Å². The van der Waals surface area contributed by atoms with Crippen molar-refractivity contribution in [3.63, 3.8) is 0 Å². The molecule has 0 saturated carbocycles. The largest absolute Gasteiger partial charge is 0.512 e. The molecule has 0 aliphatic carbocycles. The molecule has 0 aromatic heterocycles. The van der Waals surface area contributed by atoms with Crippen molar-refractivity contribution in [2.75, 3.05) is 20.6 Å². The molecule has 0 spiro atoms. The van der Waals surface area contributed by atoms with Gasteiger partial charge < -0.3 is 10.0 Å². The van der Waals surface area contributed by atoms with Gasteiger partial charge in [-0.2, -0.15) is 0 Å². The fourth-order valence-corrected chi connectivity index (χ4v) is 0.365. The third-order valence-electron chi connectivity index (χ3n) is 0.499. The van der Waals surface area contributed by atoms with Gasteiger partial charge in [0, 0.05) is 0 Å². The Morgan fingerprint density at radius 1 is 1.71 bits per heavy atom. The monoisotopic (exact) mass is 101 g/mol. The van der Waals surface area contributed by atoms with Crippen LogP contribution >= 0.6 is 0 Å². The second-order valence-corrected chi connectivity index (χ2v) is 1.80. The van der Waals surface area contributed by atoms with Gasteiger partial charge in [-0.3, -0.25) is 0 Å². The van der Waals surface area contributed by atoms with Gasteiger partial charge in [0.15, 0.2) is 0 Å². The second-order valence-electron chi connectivity index (χ2n) is 1.80. The summed E-state index contributed by atoms with van der Waals surface area (Å²) < 4.78 is 0. The summed E-state index contributed by atoms with van der Waals surface area (Å²) >= 11 is 0. The smallest absolute Gasteiger partial charge is 0.0990 e. The predicted octanol–water partition coefficient (Wildman–Crippen LogP) is 0.620. The molecule has 0 rings (SSSR count). The lowest BCUT2D eigenvalue weighted by molar-refractivity contribution is 0.326. The highest BCUT2D eigenvalue weighted by atomic mass is 16.3. The Labute approximate surface area is 44.1 Å². The van der Waals surface area contributed by atoms with Gasteiger partial charge in [0.05, 0.1) is 12.3 Å². The van der Waals surface area contributed by atoms with Crippen LogP contribution in [0.3, 0.4) is 0 Å². The van der Waals surface area contributed by atoms with Crippen LogP contribution in [0.1, 0.15) is 0 Å². The van der Waals surface area contributed by atoms with Crippen molar-refractivity contribution < 1.29 is 5.11 Å². The molecule has 0 fully saturated rings. The molecule has 2 heteroatoms. The molecule has 0 amide bonds. The van der Waals surface area contributed by atoms with Gasteiger partial charge >= 0.3 is 0 Å². The molecule has 0 aromatic carbocycles. The van der Waals surface area contributed by atoms with Crippen molar-refractivity contribution >= 4 is 0 Å². The number of likely N-dealkylation sites (N-methyl/N-ethyl adjacent to an activating group) is 1. The molecule has 0 bridgehead atoms. The van der Waals surface area contributed by atoms with Crippen LogP contribution in [0.15, 0.2) is 12.3 Å². The third-order valence-corrected chi connectivity index (χ3v) is 0.499. The Kier molecular flexibility index (Phi) is 2.45. The minimum Gasteiger partial charge on any atom is -0.512 e. The molecule has 0 aromatic rings. The zero-order chi connectivity index (χ0) is 5.86. The van der Waals surface area contributed by atoms with Crippen LogP contribution in [0.2, 0.25) is 0 Å². The average Bonchev–Trinajstić information content (AvgIpc) is 1.27.